The SMILES string of the molecule is CCC(CBr)CN1C(=O)C(=O)c2cc(Br)cc(C)c21. The average Bonchev–Trinajstić information content (AvgIpc) is 2.61. The number of hydrogen-bond acceptors (Lipinski definition) is 2. The van der Waals surface area contributed by atoms with Gasteiger partial charge in [-0.3, -0.25) is 9.59 Å². The highest BCUT2D eigenvalue weighted by Crippen LogP contribution is 2.35. The van der Waals surface area contributed by atoms with Crippen LogP contribution in [0.2, 0.25) is 0 Å². The summed E-state index contributed by atoms with van der Waals surface area (Å²) in [5, 5.41) is 0.826. The number of halogens is 2. The van der Waals surface area contributed by atoms with E-state index in [1.54, 1.807) is 11.0 Å². The summed E-state index contributed by atoms with van der Waals surface area (Å²) in [7, 11) is 0. The van der Waals surface area contributed by atoms with Crippen LogP contribution >= 0.6 is 31.9 Å². The van der Waals surface area contributed by atoms with Gasteiger partial charge in [-0.2, -0.15) is 0 Å². The molecule has 0 saturated carbocycles. The van der Waals surface area contributed by atoms with Crippen LogP contribution in [-0.2, 0) is 4.79 Å². The van der Waals surface area contributed by atoms with Crippen LogP contribution in [0.15, 0.2) is 16.6 Å². The van der Waals surface area contributed by atoms with E-state index in [4.69, 9.17) is 0 Å². The molecular formula is C14H15Br2NO2. The summed E-state index contributed by atoms with van der Waals surface area (Å²) in [6, 6.07) is 3.67. The molecule has 0 N–H and O–H groups in total. The maximum absolute atomic E-state index is 12.1. The van der Waals surface area contributed by atoms with Gasteiger partial charge in [0.05, 0.1) is 11.3 Å². The summed E-state index contributed by atoms with van der Waals surface area (Å²) in [6.07, 6.45) is 0.966. The number of ketones is 1. The lowest BCUT2D eigenvalue weighted by atomic mass is 10.1. The van der Waals surface area contributed by atoms with E-state index < -0.39 is 11.7 Å². The molecule has 102 valence electrons. The van der Waals surface area contributed by atoms with Crippen LogP contribution in [-0.4, -0.2) is 23.6 Å². The quantitative estimate of drug-likeness (QED) is 0.582. The van der Waals surface area contributed by atoms with Gasteiger partial charge < -0.3 is 4.90 Å². The minimum absolute atomic E-state index is 0.353. The van der Waals surface area contributed by atoms with Crippen molar-refractivity contribution in [1.82, 2.24) is 0 Å². The van der Waals surface area contributed by atoms with E-state index in [1.165, 1.54) is 0 Å². The molecule has 0 radical (unpaired) electrons. The molecule has 1 aliphatic rings. The molecule has 0 aliphatic carbocycles. The molecule has 1 heterocycles. The van der Waals surface area contributed by atoms with E-state index in [9.17, 15) is 9.59 Å². The van der Waals surface area contributed by atoms with Gasteiger partial charge in [0.1, 0.15) is 0 Å². The number of benzene rings is 1. The number of fused-ring (bicyclic) bond motifs is 1. The third-order valence-corrected chi connectivity index (χ3v) is 4.83. The van der Waals surface area contributed by atoms with Crippen molar-refractivity contribution in [2.45, 2.75) is 20.3 Å². The zero-order valence-electron chi connectivity index (χ0n) is 10.9. The summed E-state index contributed by atoms with van der Waals surface area (Å²) in [6.45, 7) is 4.60. The molecule has 0 saturated heterocycles. The van der Waals surface area contributed by atoms with Gasteiger partial charge in [-0.1, -0.05) is 45.2 Å². The fourth-order valence-electron chi connectivity index (χ4n) is 2.33. The highest BCUT2D eigenvalue weighted by atomic mass is 79.9. The van der Waals surface area contributed by atoms with E-state index in [0.29, 0.717) is 18.0 Å². The van der Waals surface area contributed by atoms with Crippen LogP contribution in [0, 0.1) is 12.8 Å². The monoisotopic (exact) mass is 387 g/mol. The predicted molar refractivity (Wildman–Crippen MR) is 83.1 cm³/mol. The number of anilines is 1. The molecule has 1 atom stereocenters. The summed E-state index contributed by atoms with van der Waals surface area (Å²) in [5.41, 5.74) is 2.24. The summed E-state index contributed by atoms with van der Waals surface area (Å²) < 4.78 is 0.833. The van der Waals surface area contributed by atoms with E-state index in [2.05, 4.69) is 38.8 Å². The van der Waals surface area contributed by atoms with Crippen molar-refractivity contribution in [1.29, 1.82) is 0 Å². The average molecular weight is 389 g/mol. The van der Waals surface area contributed by atoms with Crippen LogP contribution in [0.25, 0.3) is 0 Å². The third kappa shape index (κ3) is 2.63. The summed E-state index contributed by atoms with van der Waals surface area (Å²) >= 11 is 6.83. The number of carbonyl (C=O) groups excluding carboxylic acids is 2. The normalized spacial score (nSPS) is 15.9. The minimum atomic E-state index is -0.407. The molecule has 0 aromatic heterocycles. The van der Waals surface area contributed by atoms with E-state index in [0.717, 1.165) is 27.5 Å². The van der Waals surface area contributed by atoms with Crippen LogP contribution in [0.5, 0.6) is 0 Å². The van der Waals surface area contributed by atoms with E-state index in [-0.39, 0.29) is 0 Å². The molecule has 1 amide bonds. The van der Waals surface area contributed by atoms with Crippen LogP contribution in [0.3, 0.4) is 0 Å². The van der Waals surface area contributed by atoms with Crippen molar-refractivity contribution in [2.24, 2.45) is 5.92 Å². The number of alkyl halides is 1. The van der Waals surface area contributed by atoms with Gasteiger partial charge in [0.15, 0.2) is 0 Å². The number of Topliss-reactive ketones (excluding diaryl/α,β-unsaturated/α-hetero) is 1. The Bertz CT molecular complexity index is 538. The second-order valence-corrected chi connectivity index (χ2v) is 6.36. The van der Waals surface area contributed by atoms with Gasteiger partial charge in [-0.05, 0) is 30.5 Å². The maximum Gasteiger partial charge on any atom is 0.299 e. The third-order valence-electron chi connectivity index (χ3n) is 3.46. The fourth-order valence-corrected chi connectivity index (χ4v) is 3.56. The first-order valence-electron chi connectivity index (χ1n) is 6.21. The molecule has 3 nitrogen and oxygen atoms in total. The van der Waals surface area contributed by atoms with E-state index >= 15 is 0 Å². The highest BCUT2D eigenvalue weighted by Gasteiger charge is 2.37. The Labute approximate surface area is 129 Å². The largest absolute Gasteiger partial charge is 0.304 e. The van der Waals surface area contributed by atoms with Gasteiger partial charge in [-0.25, -0.2) is 0 Å². The number of aryl methyl sites for hydroxylation is 1. The highest BCUT2D eigenvalue weighted by molar-refractivity contribution is 9.10. The lowest BCUT2D eigenvalue weighted by Crippen LogP contribution is -2.35. The Morgan fingerprint density at radius 3 is 2.58 bits per heavy atom. The van der Waals surface area contributed by atoms with Crippen LogP contribution < -0.4 is 4.90 Å². The minimum Gasteiger partial charge on any atom is -0.304 e. The fraction of sp³-hybridized carbons (Fsp3) is 0.429. The molecule has 0 spiro atoms. The number of nitrogens with zero attached hydrogens (tertiary/aromatic N) is 1. The zero-order chi connectivity index (χ0) is 14.2. The number of hydrogen-bond donors (Lipinski definition) is 0. The Morgan fingerprint density at radius 2 is 2.00 bits per heavy atom. The molecule has 1 unspecified atom stereocenters. The molecule has 1 aromatic rings. The molecule has 1 aliphatic heterocycles. The molecule has 5 heteroatoms. The molecule has 1 aromatic carbocycles. The lowest BCUT2D eigenvalue weighted by Gasteiger charge is -2.23. The molecule has 0 bridgehead atoms. The van der Waals surface area contributed by atoms with Crippen molar-refractivity contribution in [3.63, 3.8) is 0 Å². The van der Waals surface area contributed by atoms with Gasteiger partial charge in [0, 0.05) is 16.3 Å². The standard InChI is InChI=1S/C14H15Br2NO2/c1-3-9(6-15)7-17-12-8(2)4-10(16)5-11(12)13(18)14(17)19/h4-5,9H,3,6-7H2,1-2H3. The van der Waals surface area contributed by atoms with Gasteiger partial charge >= 0.3 is 0 Å². The summed E-state index contributed by atoms with van der Waals surface area (Å²) in [4.78, 5) is 25.8. The second-order valence-electron chi connectivity index (χ2n) is 4.79. The molecule has 2 rings (SSSR count). The lowest BCUT2D eigenvalue weighted by molar-refractivity contribution is -0.114. The van der Waals surface area contributed by atoms with Gasteiger partial charge in [0.2, 0.25) is 0 Å². The Balaban J connectivity index is 2.44. The molecule has 0 fully saturated rings. The Hall–Kier alpha value is -0.680. The van der Waals surface area contributed by atoms with Crippen molar-refractivity contribution >= 4 is 49.2 Å². The number of carbonyl (C=O) groups is 2. The predicted octanol–water partition coefficient (Wildman–Crippen LogP) is 3.71. The van der Waals surface area contributed by atoms with E-state index in [1.807, 2.05) is 13.0 Å². The first-order valence-corrected chi connectivity index (χ1v) is 8.13. The van der Waals surface area contributed by atoms with Crippen molar-refractivity contribution in [3.8, 4) is 0 Å². The summed E-state index contributed by atoms with van der Waals surface area (Å²) in [5.74, 6) is -0.454. The zero-order valence-corrected chi connectivity index (χ0v) is 14.0. The Morgan fingerprint density at radius 1 is 1.32 bits per heavy atom. The van der Waals surface area contributed by atoms with Crippen LogP contribution in [0.4, 0.5) is 5.69 Å². The van der Waals surface area contributed by atoms with Gasteiger partial charge in [-0.15, -0.1) is 0 Å². The second kappa shape index (κ2) is 5.75. The molecule has 19 heavy (non-hydrogen) atoms. The number of amides is 1. The van der Waals surface area contributed by atoms with Crippen LogP contribution in [0.1, 0.15) is 29.3 Å². The van der Waals surface area contributed by atoms with Gasteiger partial charge in [0.25, 0.3) is 11.7 Å². The van der Waals surface area contributed by atoms with Crippen molar-refractivity contribution < 1.29 is 9.59 Å². The number of rotatable bonds is 4. The topological polar surface area (TPSA) is 37.4 Å². The smallest absolute Gasteiger partial charge is 0.299 e. The first kappa shape index (κ1) is 14.7. The molecular weight excluding hydrogens is 374 g/mol. The maximum atomic E-state index is 12.1. The van der Waals surface area contributed by atoms with Crippen molar-refractivity contribution in [3.05, 3.63) is 27.7 Å². The van der Waals surface area contributed by atoms with Crippen molar-refractivity contribution in [2.75, 3.05) is 16.8 Å². The Kier molecular flexibility index (Phi) is 4.46. The first-order chi connectivity index (χ1) is 8.99.